The second kappa shape index (κ2) is 9.28. The maximum atomic E-state index is 10.7. The fraction of sp³-hybridized carbons (Fsp3) is 0.200. The van der Waals surface area contributed by atoms with E-state index in [2.05, 4.69) is 28.3 Å². The van der Waals surface area contributed by atoms with Crippen molar-refractivity contribution in [3.05, 3.63) is 77.9 Å². The number of likely N-dealkylation sites (N-methyl/N-ethyl adjacent to an activating group) is 2. The van der Waals surface area contributed by atoms with E-state index in [1.54, 1.807) is 12.1 Å². The van der Waals surface area contributed by atoms with Crippen molar-refractivity contribution in [1.82, 2.24) is 0 Å². The van der Waals surface area contributed by atoms with Gasteiger partial charge in [0.15, 0.2) is 0 Å². The van der Waals surface area contributed by atoms with E-state index in [0.29, 0.717) is 17.9 Å². The molecule has 0 spiro atoms. The highest BCUT2D eigenvalue weighted by atomic mass is 16.6. The first kappa shape index (κ1) is 19.8. The van der Waals surface area contributed by atoms with E-state index in [0.717, 1.165) is 17.9 Å². The van der Waals surface area contributed by atoms with Crippen LogP contribution in [-0.4, -0.2) is 32.1 Å². The first-order chi connectivity index (χ1) is 13.0. The van der Waals surface area contributed by atoms with E-state index in [-0.39, 0.29) is 5.69 Å². The molecule has 2 rings (SSSR count). The molecule has 27 heavy (non-hydrogen) atoms. The van der Waals surface area contributed by atoms with E-state index < -0.39 is 4.92 Å². The lowest BCUT2D eigenvalue weighted by Gasteiger charge is -2.23. The Hall–Kier alpha value is -3.48. The fourth-order valence-corrected chi connectivity index (χ4v) is 2.48. The van der Waals surface area contributed by atoms with Gasteiger partial charge in [0.2, 0.25) is 0 Å². The van der Waals surface area contributed by atoms with Gasteiger partial charge in [-0.25, -0.2) is 0 Å². The Bertz CT molecular complexity index is 846. The average molecular weight is 365 g/mol. The fourth-order valence-electron chi connectivity index (χ4n) is 2.48. The van der Waals surface area contributed by atoms with Crippen LogP contribution >= 0.6 is 0 Å². The lowest BCUT2D eigenvalue weighted by atomic mass is 10.2. The molecule has 0 unspecified atom stereocenters. The minimum absolute atomic E-state index is 0.0231. The third kappa shape index (κ3) is 5.24. The molecule has 7 nitrogen and oxygen atoms in total. The molecule has 0 amide bonds. The van der Waals surface area contributed by atoms with Gasteiger partial charge in [-0.3, -0.25) is 10.1 Å². The summed E-state index contributed by atoms with van der Waals surface area (Å²) in [5, 5.41) is 19.3. The summed E-state index contributed by atoms with van der Waals surface area (Å²) in [6.07, 6.45) is 3.66. The molecule has 0 fully saturated rings. The van der Waals surface area contributed by atoms with Gasteiger partial charge in [-0.05, 0) is 30.3 Å². The molecular weight excluding hydrogens is 342 g/mol. The van der Waals surface area contributed by atoms with E-state index >= 15 is 0 Å². The number of benzene rings is 2. The average Bonchev–Trinajstić information content (AvgIpc) is 2.67. The van der Waals surface area contributed by atoms with Crippen molar-refractivity contribution < 1.29 is 4.92 Å². The quantitative estimate of drug-likeness (QED) is 0.263. The molecule has 7 heteroatoms. The molecule has 0 heterocycles. The van der Waals surface area contributed by atoms with Gasteiger partial charge in [-0.1, -0.05) is 12.2 Å². The molecule has 0 bridgehead atoms. The predicted molar refractivity (Wildman–Crippen MR) is 111 cm³/mol. The lowest BCUT2D eigenvalue weighted by Crippen LogP contribution is -2.19. The summed E-state index contributed by atoms with van der Waals surface area (Å²) in [6.45, 7) is 8.95. The van der Waals surface area contributed by atoms with Crippen LogP contribution in [0.15, 0.2) is 78.0 Å². The Morgan fingerprint density at radius 3 is 2.22 bits per heavy atom. The van der Waals surface area contributed by atoms with Gasteiger partial charge in [0.05, 0.1) is 16.3 Å². The number of azo groups is 1. The Kier molecular flexibility index (Phi) is 6.82. The molecule has 0 aliphatic rings. The van der Waals surface area contributed by atoms with E-state index in [1.807, 2.05) is 49.3 Å². The Morgan fingerprint density at radius 1 is 1.00 bits per heavy atom. The Labute approximate surface area is 159 Å². The number of anilines is 2. The Morgan fingerprint density at radius 2 is 1.63 bits per heavy atom. The molecule has 2 aromatic carbocycles. The van der Waals surface area contributed by atoms with Gasteiger partial charge in [-0.2, -0.15) is 5.11 Å². The van der Waals surface area contributed by atoms with Crippen molar-refractivity contribution in [2.75, 3.05) is 37.0 Å². The van der Waals surface area contributed by atoms with Gasteiger partial charge < -0.3 is 9.80 Å². The smallest absolute Gasteiger partial charge is 0.269 e. The van der Waals surface area contributed by atoms with Crippen LogP contribution in [0.25, 0.3) is 0 Å². The highest BCUT2D eigenvalue weighted by Gasteiger charge is 2.10. The van der Waals surface area contributed by atoms with Crippen LogP contribution in [0.5, 0.6) is 0 Å². The molecule has 0 saturated heterocycles. The zero-order valence-electron chi connectivity index (χ0n) is 15.6. The third-order valence-electron chi connectivity index (χ3n) is 3.95. The van der Waals surface area contributed by atoms with Gasteiger partial charge in [0.25, 0.3) is 5.69 Å². The zero-order valence-corrected chi connectivity index (χ0v) is 15.6. The standard InChI is InChI=1S/C20H23N5O2/c1-5-13-23(3)18-11-12-19(20(15-18)24(4)14-6-2)22-21-16-7-9-17(10-8-16)25(26)27/h5-12,15H,1-2,13-14H2,3-4H3/b22-21+. The molecule has 0 N–H and O–H groups in total. The Balaban J connectivity index is 2.34. The van der Waals surface area contributed by atoms with Crippen molar-refractivity contribution in [3.63, 3.8) is 0 Å². The normalized spacial score (nSPS) is 10.6. The van der Waals surface area contributed by atoms with Crippen LogP contribution in [0, 0.1) is 10.1 Å². The summed E-state index contributed by atoms with van der Waals surface area (Å²) in [4.78, 5) is 14.4. The molecular formula is C20H23N5O2. The molecule has 0 saturated carbocycles. The van der Waals surface area contributed by atoms with Crippen molar-refractivity contribution in [2.24, 2.45) is 10.2 Å². The molecule has 0 aliphatic carbocycles. The predicted octanol–water partition coefficient (Wildman–Crippen LogP) is 5.25. The minimum Gasteiger partial charge on any atom is -0.371 e. The van der Waals surface area contributed by atoms with Crippen molar-refractivity contribution in [1.29, 1.82) is 0 Å². The first-order valence-electron chi connectivity index (χ1n) is 8.40. The second-order valence-corrected chi connectivity index (χ2v) is 5.98. The molecule has 140 valence electrons. The number of nitro groups is 1. The second-order valence-electron chi connectivity index (χ2n) is 5.98. The molecule has 0 atom stereocenters. The number of nitro benzene ring substituents is 1. The largest absolute Gasteiger partial charge is 0.371 e. The summed E-state index contributed by atoms with van der Waals surface area (Å²) in [6, 6.07) is 11.9. The number of nitrogens with zero attached hydrogens (tertiary/aromatic N) is 5. The summed E-state index contributed by atoms with van der Waals surface area (Å²) >= 11 is 0. The highest BCUT2D eigenvalue weighted by Crippen LogP contribution is 2.33. The van der Waals surface area contributed by atoms with Crippen LogP contribution in [0.3, 0.4) is 0 Å². The van der Waals surface area contributed by atoms with E-state index in [4.69, 9.17) is 0 Å². The van der Waals surface area contributed by atoms with Crippen LogP contribution in [0.2, 0.25) is 0 Å². The monoisotopic (exact) mass is 365 g/mol. The van der Waals surface area contributed by atoms with Gasteiger partial charge in [0, 0.05) is 45.0 Å². The van der Waals surface area contributed by atoms with Crippen LogP contribution in [0.1, 0.15) is 0 Å². The van der Waals surface area contributed by atoms with E-state index in [9.17, 15) is 10.1 Å². The molecule has 0 aromatic heterocycles. The highest BCUT2D eigenvalue weighted by molar-refractivity contribution is 5.73. The lowest BCUT2D eigenvalue weighted by molar-refractivity contribution is -0.384. The van der Waals surface area contributed by atoms with Crippen molar-refractivity contribution in [2.45, 2.75) is 0 Å². The summed E-state index contributed by atoms with van der Waals surface area (Å²) in [5.41, 5.74) is 3.22. The minimum atomic E-state index is -0.443. The SMILES string of the molecule is C=CCN(C)c1ccc(/N=N/c2ccc([N+](=O)[O-])cc2)c(N(C)CC=C)c1. The maximum Gasteiger partial charge on any atom is 0.269 e. The maximum absolute atomic E-state index is 10.7. The van der Waals surface area contributed by atoms with Crippen LogP contribution in [0.4, 0.5) is 28.4 Å². The summed E-state index contributed by atoms with van der Waals surface area (Å²) in [7, 11) is 3.95. The summed E-state index contributed by atoms with van der Waals surface area (Å²) in [5.74, 6) is 0. The molecule has 0 aliphatic heterocycles. The van der Waals surface area contributed by atoms with Gasteiger partial charge in [0.1, 0.15) is 5.69 Å². The topological polar surface area (TPSA) is 74.3 Å². The number of hydrogen-bond donors (Lipinski definition) is 0. The summed E-state index contributed by atoms with van der Waals surface area (Å²) < 4.78 is 0. The number of rotatable bonds is 9. The van der Waals surface area contributed by atoms with Crippen molar-refractivity contribution >= 4 is 28.4 Å². The molecule has 2 aromatic rings. The number of hydrogen-bond acceptors (Lipinski definition) is 6. The number of non-ortho nitro benzene ring substituents is 1. The molecule has 0 radical (unpaired) electrons. The van der Waals surface area contributed by atoms with Gasteiger partial charge in [-0.15, -0.1) is 18.3 Å². The van der Waals surface area contributed by atoms with Crippen molar-refractivity contribution in [3.8, 4) is 0 Å². The van der Waals surface area contributed by atoms with Crippen LogP contribution < -0.4 is 9.80 Å². The van der Waals surface area contributed by atoms with E-state index in [1.165, 1.54) is 12.1 Å². The zero-order chi connectivity index (χ0) is 19.8. The third-order valence-corrected chi connectivity index (χ3v) is 3.95. The van der Waals surface area contributed by atoms with Crippen LogP contribution in [-0.2, 0) is 0 Å². The first-order valence-corrected chi connectivity index (χ1v) is 8.40. The van der Waals surface area contributed by atoms with Gasteiger partial charge >= 0.3 is 0 Å².